The van der Waals surface area contributed by atoms with Crippen LogP contribution in [0.15, 0.2) is 59.1 Å². The van der Waals surface area contributed by atoms with Crippen molar-refractivity contribution in [3.8, 4) is 0 Å². The number of nitrogens with zero attached hydrogens (tertiary/aromatic N) is 1. The first kappa shape index (κ1) is 19.0. The summed E-state index contributed by atoms with van der Waals surface area (Å²) in [5, 5.41) is 5.49. The van der Waals surface area contributed by atoms with Gasteiger partial charge in [0.05, 0.1) is 5.69 Å². The fraction of sp³-hybridized carbons (Fsp3) is 0.136. The fourth-order valence-corrected chi connectivity index (χ4v) is 3.29. The van der Waals surface area contributed by atoms with Crippen LogP contribution in [0.4, 0.5) is 5.69 Å². The van der Waals surface area contributed by atoms with Gasteiger partial charge >= 0.3 is 5.97 Å². The number of furan rings is 1. The number of fused-ring (bicyclic) bond motifs is 3. The third-order valence-corrected chi connectivity index (χ3v) is 4.98. The summed E-state index contributed by atoms with van der Waals surface area (Å²) in [5.41, 5.74) is 1.62. The zero-order valence-electron chi connectivity index (χ0n) is 15.7. The largest absolute Gasteiger partial charge is 0.448 e. The number of pyridine rings is 1. The van der Waals surface area contributed by atoms with Gasteiger partial charge in [-0.2, -0.15) is 0 Å². The van der Waals surface area contributed by atoms with Crippen molar-refractivity contribution in [2.45, 2.75) is 20.0 Å². The highest BCUT2D eigenvalue weighted by Gasteiger charge is 2.25. The van der Waals surface area contributed by atoms with Crippen LogP contribution >= 0.6 is 11.6 Å². The Hall–Kier alpha value is -3.38. The number of hydrogen-bond donors (Lipinski definition) is 1. The maximum absolute atomic E-state index is 12.7. The standard InChI is InChI=1S/C22H17ClN2O4/c1-12-15-10-9-14-6-3-4-7-16(14)19(15)29-18(12)22(27)28-13(2)21(26)25-17-8-5-11-24-20(17)23/h3-11,13H,1-2H3,(H,25,26)/t13-/m1/s1. The highest BCUT2D eigenvalue weighted by atomic mass is 35.5. The molecule has 0 bridgehead atoms. The molecule has 0 saturated heterocycles. The van der Waals surface area contributed by atoms with Crippen molar-refractivity contribution in [3.63, 3.8) is 0 Å². The number of carbonyl (C=O) groups is 2. The molecule has 0 aliphatic rings. The van der Waals surface area contributed by atoms with Gasteiger partial charge in [-0.05, 0) is 31.4 Å². The van der Waals surface area contributed by atoms with Crippen molar-refractivity contribution in [2.24, 2.45) is 0 Å². The van der Waals surface area contributed by atoms with Crippen LogP contribution in [-0.4, -0.2) is 23.0 Å². The molecular weight excluding hydrogens is 392 g/mol. The van der Waals surface area contributed by atoms with Gasteiger partial charge < -0.3 is 14.5 Å². The van der Waals surface area contributed by atoms with Gasteiger partial charge in [0.1, 0.15) is 5.58 Å². The number of rotatable bonds is 4. The van der Waals surface area contributed by atoms with E-state index in [1.54, 1.807) is 19.1 Å². The van der Waals surface area contributed by atoms with Crippen LogP contribution in [0.3, 0.4) is 0 Å². The second-order valence-corrected chi connectivity index (χ2v) is 6.96. The van der Waals surface area contributed by atoms with Crippen LogP contribution < -0.4 is 5.32 Å². The summed E-state index contributed by atoms with van der Waals surface area (Å²) >= 11 is 5.94. The molecule has 0 fully saturated rings. The average molecular weight is 409 g/mol. The summed E-state index contributed by atoms with van der Waals surface area (Å²) in [6.45, 7) is 3.27. The second kappa shape index (κ2) is 7.56. The number of aromatic nitrogens is 1. The molecule has 2 aromatic heterocycles. The molecular formula is C22H17ClN2O4. The first-order chi connectivity index (χ1) is 14.0. The van der Waals surface area contributed by atoms with E-state index in [1.807, 2.05) is 36.4 Å². The maximum Gasteiger partial charge on any atom is 0.375 e. The Morgan fingerprint density at radius 2 is 1.90 bits per heavy atom. The highest BCUT2D eigenvalue weighted by Crippen LogP contribution is 2.32. The lowest BCUT2D eigenvalue weighted by atomic mass is 10.1. The number of anilines is 1. The summed E-state index contributed by atoms with van der Waals surface area (Å²) in [5.74, 6) is -1.15. The lowest BCUT2D eigenvalue weighted by molar-refractivity contribution is -0.123. The van der Waals surface area contributed by atoms with Gasteiger partial charge in [-0.25, -0.2) is 9.78 Å². The van der Waals surface area contributed by atoms with Crippen LogP contribution in [-0.2, 0) is 9.53 Å². The normalized spacial score (nSPS) is 12.1. The lowest BCUT2D eigenvalue weighted by Crippen LogP contribution is -2.30. The van der Waals surface area contributed by atoms with E-state index in [1.165, 1.54) is 13.1 Å². The lowest BCUT2D eigenvalue weighted by Gasteiger charge is -2.13. The van der Waals surface area contributed by atoms with E-state index in [0.717, 1.165) is 16.2 Å². The molecule has 6 nitrogen and oxygen atoms in total. The number of ether oxygens (including phenoxy) is 1. The van der Waals surface area contributed by atoms with Crippen LogP contribution in [0.25, 0.3) is 21.7 Å². The van der Waals surface area contributed by atoms with E-state index in [-0.39, 0.29) is 10.9 Å². The Bertz CT molecular complexity index is 1250. The minimum Gasteiger partial charge on any atom is -0.448 e. The number of amides is 1. The molecule has 1 amide bonds. The molecule has 4 aromatic rings. The molecule has 1 atom stereocenters. The van der Waals surface area contributed by atoms with Gasteiger partial charge in [-0.3, -0.25) is 4.79 Å². The predicted molar refractivity (Wildman–Crippen MR) is 111 cm³/mol. The number of nitrogens with one attached hydrogen (secondary N) is 1. The van der Waals surface area contributed by atoms with Gasteiger partial charge in [0.15, 0.2) is 11.3 Å². The molecule has 29 heavy (non-hydrogen) atoms. The molecule has 7 heteroatoms. The molecule has 1 N–H and O–H groups in total. The van der Waals surface area contributed by atoms with E-state index < -0.39 is 18.0 Å². The van der Waals surface area contributed by atoms with Crippen LogP contribution in [0.1, 0.15) is 23.0 Å². The quantitative estimate of drug-likeness (QED) is 0.374. The van der Waals surface area contributed by atoms with Crippen LogP contribution in [0.5, 0.6) is 0 Å². The summed E-state index contributed by atoms with van der Waals surface area (Å²) in [4.78, 5) is 28.9. The van der Waals surface area contributed by atoms with E-state index >= 15 is 0 Å². The molecule has 0 aliphatic carbocycles. The smallest absolute Gasteiger partial charge is 0.375 e. The second-order valence-electron chi connectivity index (χ2n) is 6.60. The first-order valence-corrected chi connectivity index (χ1v) is 9.36. The molecule has 4 rings (SSSR count). The molecule has 2 heterocycles. The van der Waals surface area contributed by atoms with Gasteiger partial charge in [0, 0.05) is 22.5 Å². The zero-order valence-corrected chi connectivity index (χ0v) is 16.5. The minimum absolute atomic E-state index is 0.0791. The van der Waals surface area contributed by atoms with Crippen LogP contribution in [0.2, 0.25) is 5.15 Å². The Balaban J connectivity index is 1.57. The molecule has 2 aromatic carbocycles. The number of halogens is 1. The van der Waals surface area contributed by atoms with E-state index in [4.69, 9.17) is 20.8 Å². The van der Waals surface area contributed by atoms with E-state index in [2.05, 4.69) is 10.3 Å². The maximum atomic E-state index is 12.7. The van der Waals surface area contributed by atoms with Crippen molar-refractivity contribution in [3.05, 3.63) is 71.2 Å². The van der Waals surface area contributed by atoms with Crippen molar-refractivity contribution < 1.29 is 18.7 Å². The number of hydrogen-bond acceptors (Lipinski definition) is 5. The zero-order chi connectivity index (χ0) is 20.5. The summed E-state index contributed by atoms with van der Waals surface area (Å²) in [6.07, 6.45) is 0.457. The SMILES string of the molecule is Cc1c(C(=O)O[C@H](C)C(=O)Nc2cccnc2Cl)oc2c1ccc1ccccc12. The van der Waals surface area contributed by atoms with Crippen molar-refractivity contribution in [2.75, 3.05) is 5.32 Å². The van der Waals surface area contributed by atoms with Crippen molar-refractivity contribution in [1.29, 1.82) is 0 Å². The number of benzene rings is 2. The van der Waals surface area contributed by atoms with Crippen LogP contribution in [0, 0.1) is 6.92 Å². The van der Waals surface area contributed by atoms with Gasteiger partial charge in [0.25, 0.3) is 5.91 Å². The van der Waals surface area contributed by atoms with Gasteiger partial charge in [-0.15, -0.1) is 0 Å². The minimum atomic E-state index is -1.05. The monoisotopic (exact) mass is 408 g/mol. The Labute approximate surface area is 171 Å². The van der Waals surface area contributed by atoms with E-state index in [9.17, 15) is 9.59 Å². The predicted octanol–water partition coefficient (Wildman–Crippen LogP) is 5.13. The molecule has 0 unspecified atom stereocenters. The van der Waals surface area contributed by atoms with Gasteiger partial charge in [-0.1, -0.05) is 48.0 Å². The molecule has 0 spiro atoms. The first-order valence-electron chi connectivity index (χ1n) is 8.99. The summed E-state index contributed by atoms with van der Waals surface area (Å²) in [6, 6.07) is 14.9. The van der Waals surface area contributed by atoms with Gasteiger partial charge in [0.2, 0.25) is 5.76 Å². The number of esters is 1. The Morgan fingerprint density at radius 1 is 1.10 bits per heavy atom. The average Bonchev–Trinajstić information content (AvgIpc) is 3.07. The van der Waals surface area contributed by atoms with E-state index in [0.29, 0.717) is 16.8 Å². The number of aryl methyl sites for hydroxylation is 1. The Morgan fingerprint density at radius 3 is 2.69 bits per heavy atom. The Kier molecular flexibility index (Phi) is 4.94. The molecule has 146 valence electrons. The van der Waals surface area contributed by atoms with Crippen molar-refractivity contribution in [1.82, 2.24) is 4.98 Å². The molecule has 0 saturated carbocycles. The van der Waals surface area contributed by atoms with Crippen molar-refractivity contribution >= 4 is 50.9 Å². The third-order valence-electron chi connectivity index (χ3n) is 4.68. The molecule has 0 aliphatic heterocycles. The third kappa shape index (κ3) is 3.54. The summed E-state index contributed by atoms with van der Waals surface area (Å²) in [7, 11) is 0. The fourth-order valence-electron chi connectivity index (χ4n) is 3.13. The summed E-state index contributed by atoms with van der Waals surface area (Å²) < 4.78 is 11.2. The highest BCUT2D eigenvalue weighted by molar-refractivity contribution is 6.32. The topological polar surface area (TPSA) is 81.4 Å². The number of carbonyl (C=O) groups excluding carboxylic acids is 2. The molecule has 0 radical (unpaired) electrons.